The molecule has 0 aliphatic heterocycles. The minimum Gasteiger partial charge on any atom is -0.497 e. The van der Waals surface area contributed by atoms with Crippen LogP contribution >= 0.6 is 34.4 Å². The number of ether oxygens (including phenoxy) is 1. The van der Waals surface area contributed by atoms with Crippen LogP contribution in [0.2, 0.25) is 0 Å². The van der Waals surface area contributed by atoms with Crippen LogP contribution in [0, 0.1) is 17.4 Å². The molecule has 0 saturated carbocycles. The molecule has 1 amide bonds. The van der Waals surface area contributed by atoms with Gasteiger partial charge in [-0.15, -0.1) is 10.2 Å². The van der Waals surface area contributed by atoms with E-state index >= 15 is 0 Å². The summed E-state index contributed by atoms with van der Waals surface area (Å²) >= 11 is 3.67. The molecule has 3 rings (SSSR count). The summed E-state index contributed by atoms with van der Waals surface area (Å²) in [5, 5.41) is 12.4. The first-order valence-electron chi connectivity index (χ1n) is 9.20. The van der Waals surface area contributed by atoms with Crippen molar-refractivity contribution in [1.29, 1.82) is 0 Å². The maximum atomic E-state index is 12.5. The fourth-order valence-electron chi connectivity index (χ4n) is 3.05. The standard InChI is InChI=1S/C21H23IN4O2S/c1-5-26-20(15-6-8-17(28-4)9-7-15)24-25-21(26)29-12-18(27)23-19-13(2)10-16(22)11-14(19)3/h6-11H,5,12H2,1-4H3,(H,23,27). The number of thioether (sulfide) groups is 1. The molecule has 0 saturated heterocycles. The van der Waals surface area contributed by atoms with E-state index in [-0.39, 0.29) is 11.7 Å². The van der Waals surface area contributed by atoms with Crippen LogP contribution in [0.4, 0.5) is 5.69 Å². The molecule has 0 aliphatic rings. The number of rotatable bonds is 7. The molecule has 1 N–H and O–H groups in total. The molecular weight excluding hydrogens is 499 g/mol. The number of halogens is 1. The van der Waals surface area contributed by atoms with Gasteiger partial charge in [-0.2, -0.15) is 0 Å². The zero-order valence-corrected chi connectivity index (χ0v) is 19.8. The normalized spacial score (nSPS) is 10.8. The van der Waals surface area contributed by atoms with Gasteiger partial charge in [0.1, 0.15) is 5.75 Å². The Bertz CT molecular complexity index is 995. The van der Waals surface area contributed by atoms with Crippen molar-refractivity contribution in [2.75, 3.05) is 18.2 Å². The maximum absolute atomic E-state index is 12.5. The summed E-state index contributed by atoms with van der Waals surface area (Å²) in [6.07, 6.45) is 0. The van der Waals surface area contributed by atoms with E-state index in [9.17, 15) is 4.79 Å². The minimum absolute atomic E-state index is 0.0564. The Morgan fingerprint density at radius 2 is 1.83 bits per heavy atom. The molecule has 29 heavy (non-hydrogen) atoms. The average Bonchev–Trinajstić information content (AvgIpc) is 3.12. The molecule has 0 unspecified atom stereocenters. The lowest BCUT2D eigenvalue weighted by Crippen LogP contribution is -2.16. The van der Waals surface area contributed by atoms with E-state index < -0.39 is 0 Å². The highest BCUT2D eigenvalue weighted by Crippen LogP contribution is 2.27. The lowest BCUT2D eigenvalue weighted by Gasteiger charge is -2.12. The molecule has 152 valence electrons. The first-order chi connectivity index (χ1) is 13.9. The predicted octanol–water partition coefficient (Wildman–Crippen LogP) is 4.93. The summed E-state index contributed by atoms with van der Waals surface area (Å²) in [4.78, 5) is 12.5. The van der Waals surface area contributed by atoms with Gasteiger partial charge in [-0.1, -0.05) is 11.8 Å². The Labute approximate surface area is 188 Å². The molecule has 1 aromatic heterocycles. The van der Waals surface area contributed by atoms with Crippen LogP contribution in [-0.2, 0) is 11.3 Å². The van der Waals surface area contributed by atoms with Gasteiger partial charge >= 0.3 is 0 Å². The number of benzene rings is 2. The first kappa shape index (κ1) is 21.6. The number of aromatic nitrogens is 3. The number of amides is 1. The lowest BCUT2D eigenvalue weighted by molar-refractivity contribution is -0.113. The molecular formula is C21H23IN4O2S. The van der Waals surface area contributed by atoms with Gasteiger partial charge in [0.2, 0.25) is 5.91 Å². The van der Waals surface area contributed by atoms with Crippen molar-refractivity contribution in [2.24, 2.45) is 0 Å². The van der Waals surface area contributed by atoms with Crippen molar-refractivity contribution in [3.63, 3.8) is 0 Å². The average molecular weight is 522 g/mol. The van der Waals surface area contributed by atoms with Crippen LogP contribution in [0.15, 0.2) is 41.6 Å². The number of carbonyl (C=O) groups is 1. The van der Waals surface area contributed by atoms with Gasteiger partial charge in [0, 0.05) is 21.4 Å². The maximum Gasteiger partial charge on any atom is 0.234 e. The van der Waals surface area contributed by atoms with Gasteiger partial charge in [-0.3, -0.25) is 4.79 Å². The fourth-order valence-corrected chi connectivity index (χ4v) is 4.78. The highest BCUT2D eigenvalue weighted by molar-refractivity contribution is 14.1. The van der Waals surface area contributed by atoms with Gasteiger partial charge in [0.15, 0.2) is 11.0 Å². The van der Waals surface area contributed by atoms with E-state index in [2.05, 4.69) is 50.2 Å². The van der Waals surface area contributed by atoms with Gasteiger partial charge in [-0.25, -0.2) is 0 Å². The topological polar surface area (TPSA) is 69.0 Å². The second-order valence-electron chi connectivity index (χ2n) is 6.53. The Kier molecular flexibility index (Phi) is 7.18. The summed E-state index contributed by atoms with van der Waals surface area (Å²) in [5.41, 5.74) is 3.96. The summed E-state index contributed by atoms with van der Waals surface area (Å²) in [6.45, 7) is 6.77. The van der Waals surface area contributed by atoms with Crippen molar-refractivity contribution in [1.82, 2.24) is 14.8 Å². The smallest absolute Gasteiger partial charge is 0.234 e. The largest absolute Gasteiger partial charge is 0.497 e. The Morgan fingerprint density at radius 3 is 2.41 bits per heavy atom. The zero-order chi connectivity index (χ0) is 21.0. The molecule has 8 heteroatoms. The predicted molar refractivity (Wildman–Crippen MR) is 126 cm³/mol. The molecule has 2 aromatic carbocycles. The number of anilines is 1. The SMILES string of the molecule is CCn1c(SCC(=O)Nc2c(C)cc(I)cc2C)nnc1-c1ccc(OC)cc1. The van der Waals surface area contributed by atoms with Crippen LogP contribution in [0.3, 0.4) is 0 Å². The van der Waals surface area contributed by atoms with E-state index in [0.717, 1.165) is 42.7 Å². The molecule has 0 spiro atoms. The Balaban J connectivity index is 1.71. The van der Waals surface area contributed by atoms with Crippen LogP contribution in [0.25, 0.3) is 11.4 Å². The van der Waals surface area contributed by atoms with Crippen LogP contribution in [0.5, 0.6) is 5.75 Å². The second kappa shape index (κ2) is 9.62. The number of methoxy groups -OCH3 is 1. The fraction of sp³-hybridized carbons (Fsp3) is 0.286. The Morgan fingerprint density at radius 1 is 1.17 bits per heavy atom. The third-order valence-electron chi connectivity index (χ3n) is 4.48. The monoisotopic (exact) mass is 522 g/mol. The molecule has 6 nitrogen and oxygen atoms in total. The zero-order valence-electron chi connectivity index (χ0n) is 16.8. The molecule has 0 radical (unpaired) electrons. The van der Waals surface area contributed by atoms with Crippen LogP contribution in [0.1, 0.15) is 18.1 Å². The van der Waals surface area contributed by atoms with Crippen molar-refractivity contribution >= 4 is 45.9 Å². The van der Waals surface area contributed by atoms with Crippen LogP contribution in [-0.4, -0.2) is 33.5 Å². The van der Waals surface area contributed by atoms with Crippen LogP contribution < -0.4 is 10.1 Å². The van der Waals surface area contributed by atoms with E-state index in [1.54, 1.807) is 7.11 Å². The molecule has 0 bridgehead atoms. The second-order valence-corrected chi connectivity index (χ2v) is 8.72. The third kappa shape index (κ3) is 5.11. The van der Waals surface area contributed by atoms with Crippen molar-refractivity contribution < 1.29 is 9.53 Å². The summed E-state index contributed by atoms with van der Waals surface area (Å²) < 4.78 is 8.39. The number of hydrogen-bond donors (Lipinski definition) is 1. The quantitative estimate of drug-likeness (QED) is 0.352. The molecule has 1 heterocycles. The molecule has 0 aliphatic carbocycles. The minimum atomic E-state index is -0.0564. The number of nitrogens with one attached hydrogen (secondary N) is 1. The third-order valence-corrected chi connectivity index (χ3v) is 6.07. The van der Waals surface area contributed by atoms with Gasteiger partial charge in [0.05, 0.1) is 12.9 Å². The molecule has 0 atom stereocenters. The van der Waals surface area contributed by atoms with E-state index in [4.69, 9.17) is 4.74 Å². The van der Waals surface area contributed by atoms with E-state index in [0.29, 0.717) is 6.54 Å². The van der Waals surface area contributed by atoms with Gasteiger partial charge in [0.25, 0.3) is 0 Å². The van der Waals surface area contributed by atoms with E-state index in [1.165, 1.54) is 11.8 Å². The van der Waals surface area contributed by atoms with Gasteiger partial charge in [-0.05, 0) is 90.9 Å². The molecule has 0 fully saturated rings. The number of nitrogens with zero attached hydrogens (tertiary/aromatic N) is 3. The molecule has 3 aromatic rings. The Hall–Kier alpha value is -2.07. The van der Waals surface area contributed by atoms with Crippen molar-refractivity contribution in [3.8, 4) is 17.1 Å². The van der Waals surface area contributed by atoms with E-state index in [1.807, 2.05) is 49.6 Å². The summed E-state index contributed by atoms with van der Waals surface area (Å²) in [6, 6.07) is 11.8. The summed E-state index contributed by atoms with van der Waals surface area (Å²) in [5.74, 6) is 1.79. The first-order valence-corrected chi connectivity index (χ1v) is 11.3. The number of carbonyl (C=O) groups excluding carboxylic acids is 1. The van der Waals surface area contributed by atoms with Crippen molar-refractivity contribution in [2.45, 2.75) is 32.5 Å². The number of aryl methyl sites for hydroxylation is 2. The van der Waals surface area contributed by atoms with Crippen molar-refractivity contribution in [3.05, 3.63) is 51.1 Å². The lowest BCUT2D eigenvalue weighted by atomic mass is 10.1. The van der Waals surface area contributed by atoms with Gasteiger partial charge < -0.3 is 14.6 Å². The summed E-state index contributed by atoms with van der Waals surface area (Å²) in [7, 11) is 1.64. The number of hydrogen-bond acceptors (Lipinski definition) is 5. The highest BCUT2D eigenvalue weighted by atomic mass is 127. The highest BCUT2D eigenvalue weighted by Gasteiger charge is 2.15.